The number of hydrogen-bond acceptors (Lipinski definition) is 5. The zero-order valence-corrected chi connectivity index (χ0v) is 18.4. The van der Waals surface area contributed by atoms with Gasteiger partial charge in [0.2, 0.25) is 11.8 Å². The van der Waals surface area contributed by atoms with Crippen LogP contribution in [-0.2, 0) is 16.0 Å². The number of carbonyl (C=O) groups excluding carboxylic acids is 2. The number of nitriles is 1. The van der Waals surface area contributed by atoms with Crippen molar-refractivity contribution >= 4 is 23.4 Å². The van der Waals surface area contributed by atoms with Crippen LogP contribution >= 0.6 is 11.6 Å². The van der Waals surface area contributed by atoms with Gasteiger partial charge in [-0.2, -0.15) is 5.26 Å². The van der Waals surface area contributed by atoms with Crippen molar-refractivity contribution in [1.82, 2.24) is 15.5 Å². The van der Waals surface area contributed by atoms with Gasteiger partial charge in [0.15, 0.2) is 0 Å². The van der Waals surface area contributed by atoms with Crippen LogP contribution in [0.3, 0.4) is 0 Å². The minimum absolute atomic E-state index is 0.0929. The second kappa shape index (κ2) is 9.47. The molecule has 7 nitrogen and oxygen atoms in total. The van der Waals surface area contributed by atoms with Crippen LogP contribution in [0.15, 0.2) is 30.4 Å². The Bertz CT molecular complexity index is 959. The van der Waals surface area contributed by atoms with E-state index >= 15 is 0 Å². The molecule has 32 heavy (non-hydrogen) atoms. The fraction of sp³-hybridized carbons (Fsp3) is 0.522. The number of ether oxygens (including phenoxy) is 1. The SMILES string of the molecule is N#CC1(NC(=O)[C@@H]2Cc3ccc(c(Cl)c3)OCC=CCCN3C[C@@H](F)CC3C(=O)N2)CC1. The molecule has 3 aliphatic heterocycles. The van der Waals surface area contributed by atoms with Crippen LogP contribution < -0.4 is 15.4 Å². The number of carbonyl (C=O) groups is 2. The molecule has 1 aromatic carbocycles. The Labute approximate surface area is 191 Å². The highest BCUT2D eigenvalue weighted by Crippen LogP contribution is 2.34. The van der Waals surface area contributed by atoms with Crippen molar-refractivity contribution in [3.05, 3.63) is 40.9 Å². The Balaban J connectivity index is 1.60. The molecule has 0 aromatic heterocycles. The summed E-state index contributed by atoms with van der Waals surface area (Å²) in [7, 11) is 0. The van der Waals surface area contributed by atoms with Gasteiger partial charge in [-0.15, -0.1) is 0 Å². The first kappa shape index (κ1) is 22.6. The van der Waals surface area contributed by atoms with E-state index in [9.17, 15) is 19.2 Å². The first-order chi connectivity index (χ1) is 15.4. The van der Waals surface area contributed by atoms with E-state index in [2.05, 4.69) is 16.7 Å². The third-order valence-corrected chi connectivity index (χ3v) is 6.43. The Morgan fingerprint density at radius 2 is 2.19 bits per heavy atom. The van der Waals surface area contributed by atoms with Crippen LogP contribution in [0.2, 0.25) is 5.02 Å². The van der Waals surface area contributed by atoms with Crippen LogP contribution in [0.4, 0.5) is 4.39 Å². The van der Waals surface area contributed by atoms with Crippen LogP contribution in [-0.4, -0.2) is 60.2 Å². The highest BCUT2D eigenvalue weighted by atomic mass is 35.5. The third-order valence-electron chi connectivity index (χ3n) is 6.14. The lowest BCUT2D eigenvalue weighted by Crippen LogP contribution is -2.55. The number of fused-ring (bicyclic) bond motifs is 9. The predicted molar refractivity (Wildman–Crippen MR) is 117 cm³/mol. The Morgan fingerprint density at radius 1 is 1.38 bits per heavy atom. The molecule has 2 fully saturated rings. The third kappa shape index (κ3) is 5.22. The molecule has 9 heteroatoms. The molecule has 2 amide bonds. The maximum Gasteiger partial charge on any atom is 0.244 e. The van der Waals surface area contributed by atoms with Gasteiger partial charge >= 0.3 is 0 Å². The zero-order chi connectivity index (χ0) is 22.7. The number of hydrogen-bond donors (Lipinski definition) is 2. The van der Waals surface area contributed by atoms with Gasteiger partial charge < -0.3 is 15.4 Å². The van der Waals surface area contributed by atoms with Crippen molar-refractivity contribution in [2.24, 2.45) is 0 Å². The van der Waals surface area contributed by atoms with Crippen molar-refractivity contribution in [2.75, 3.05) is 19.7 Å². The number of alkyl halides is 1. The summed E-state index contributed by atoms with van der Waals surface area (Å²) in [5, 5.41) is 15.3. The van der Waals surface area contributed by atoms with Crippen LogP contribution in [0.5, 0.6) is 5.75 Å². The molecule has 2 bridgehead atoms. The molecular weight excluding hydrogens is 435 g/mol. The predicted octanol–water partition coefficient (Wildman–Crippen LogP) is 2.29. The topological polar surface area (TPSA) is 94.5 Å². The van der Waals surface area contributed by atoms with Gasteiger partial charge in [0.25, 0.3) is 0 Å². The first-order valence-corrected chi connectivity index (χ1v) is 11.2. The molecule has 4 aliphatic rings. The van der Waals surface area contributed by atoms with Gasteiger partial charge in [-0.25, -0.2) is 4.39 Å². The molecule has 3 atom stereocenters. The van der Waals surface area contributed by atoms with E-state index < -0.39 is 29.7 Å². The van der Waals surface area contributed by atoms with Crippen LogP contribution in [0.1, 0.15) is 31.2 Å². The molecule has 170 valence electrons. The first-order valence-electron chi connectivity index (χ1n) is 10.9. The Morgan fingerprint density at radius 3 is 2.91 bits per heavy atom. The lowest BCUT2D eigenvalue weighted by Gasteiger charge is -2.26. The highest BCUT2D eigenvalue weighted by Gasteiger charge is 2.46. The van der Waals surface area contributed by atoms with E-state index in [0.717, 1.165) is 5.56 Å². The standard InChI is InChI=1S/C23H26ClFN4O3/c24-17-10-15-4-5-20(17)32-9-3-1-2-8-29-13-16(25)12-19(29)22(31)27-18(11-15)21(30)28-23(14-26)6-7-23/h1,3-5,10,16,18-19H,2,6-9,11-13H2,(H,27,31)(H,28,30)/t16-,18-,19?/m0/s1. The zero-order valence-electron chi connectivity index (χ0n) is 17.7. The smallest absolute Gasteiger partial charge is 0.244 e. The summed E-state index contributed by atoms with van der Waals surface area (Å²) in [6.45, 7) is 1.06. The minimum atomic E-state index is -1.09. The number of nitrogens with zero attached hydrogens (tertiary/aromatic N) is 2. The van der Waals surface area contributed by atoms with Gasteiger partial charge in [-0.3, -0.25) is 14.5 Å². The van der Waals surface area contributed by atoms with Gasteiger partial charge in [0.05, 0.1) is 17.1 Å². The Hall–Kier alpha value is -2.63. The highest BCUT2D eigenvalue weighted by molar-refractivity contribution is 6.32. The summed E-state index contributed by atoms with van der Waals surface area (Å²) in [4.78, 5) is 27.9. The number of nitrogens with one attached hydrogen (secondary N) is 2. The average molecular weight is 461 g/mol. The molecule has 3 heterocycles. The van der Waals surface area contributed by atoms with Crippen molar-refractivity contribution < 1.29 is 18.7 Å². The molecular formula is C23H26ClFN4O3. The molecule has 1 unspecified atom stereocenters. The summed E-state index contributed by atoms with van der Waals surface area (Å²) >= 11 is 6.35. The van der Waals surface area contributed by atoms with Crippen molar-refractivity contribution in [3.63, 3.8) is 0 Å². The van der Waals surface area contributed by atoms with Crippen molar-refractivity contribution in [3.8, 4) is 11.8 Å². The quantitative estimate of drug-likeness (QED) is 0.660. The lowest BCUT2D eigenvalue weighted by molar-refractivity contribution is -0.131. The monoisotopic (exact) mass is 460 g/mol. The second-order valence-corrected chi connectivity index (χ2v) is 9.04. The van der Waals surface area contributed by atoms with E-state index in [1.807, 2.05) is 17.1 Å². The van der Waals surface area contributed by atoms with E-state index in [0.29, 0.717) is 43.2 Å². The van der Waals surface area contributed by atoms with Crippen molar-refractivity contribution in [1.29, 1.82) is 5.26 Å². The van der Waals surface area contributed by atoms with Gasteiger partial charge in [-0.05, 0) is 37.0 Å². The number of benzene rings is 1. The molecule has 1 aliphatic carbocycles. The lowest BCUT2D eigenvalue weighted by atomic mass is 10.0. The number of rotatable bonds is 2. The molecule has 2 N–H and O–H groups in total. The number of amides is 2. The summed E-state index contributed by atoms with van der Waals surface area (Å²) in [6.07, 6.45) is 4.80. The van der Waals surface area contributed by atoms with Crippen LogP contribution in [0.25, 0.3) is 0 Å². The minimum Gasteiger partial charge on any atom is -0.488 e. The van der Waals surface area contributed by atoms with Gasteiger partial charge in [0, 0.05) is 25.9 Å². The normalized spacial score (nSPS) is 27.7. The summed E-state index contributed by atoms with van der Waals surface area (Å²) in [5.74, 6) is -0.285. The molecule has 0 radical (unpaired) electrons. The van der Waals surface area contributed by atoms with Crippen molar-refractivity contribution in [2.45, 2.75) is 55.9 Å². The summed E-state index contributed by atoms with van der Waals surface area (Å²) in [5.41, 5.74) is -0.124. The second-order valence-electron chi connectivity index (χ2n) is 8.63. The average Bonchev–Trinajstić information content (AvgIpc) is 3.43. The molecule has 5 rings (SSSR count). The fourth-order valence-electron chi connectivity index (χ4n) is 4.15. The van der Waals surface area contributed by atoms with Gasteiger partial charge in [0.1, 0.15) is 30.1 Å². The molecule has 1 aromatic rings. The van der Waals surface area contributed by atoms with E-state index in [4.69, 9.17) is 16.3 Å². The molecule has 1 saturated heterocycles. The number of halogens is 2. The maximum absolute atomic E-state index is 14.1. The van der Waals surface area contributed by atoms with Crippen LogP contribution in [0, 0.1) is 11.3 Å². The van der Waals surface area contributed by atoms with E-state index in [1.54, 1.807) is 18.2 Å². The summed E-state index contributed by atoms with van der Waals surface area (Å²) in [6, 6.07) is 5.80. The summed E-state index contributed by atoms with van der Waals surface area (Å²) < 4.78 is 19.8. The molecule has 1 saturated carbocycles. The molecule has 0 spiro atoms. The maximum atomic E-state index is 14.1. The largest absolute Gasteiger partial charge is 0.488 e. The van der Waals surface area contributed by atoms with E-state index in [1.165, 1.54) is 0 Å². The van der Waals surface area contributed by atoms with Gasteiger partial charge in [-0.1, -0.05) is 29.8 Å². The Kier molecular flexibility index (Phi) is 6.68. The fourth-order valence-corrected chi connectivity index (χ4v) is 4.40. The van der Waals surface area contributed by atoms with E-state index in [-0.39, 0.29) is 25.3 Å².